The van der Waals surface area contributed by atoms with Gasteiger partial charge in [0.1, 0.15) is 0 Å². The summed E-state index contributed by atoms with van der Waals surface area (Å²) in [5.74, 6) is 1.59. The van der Waals surface area contributed by atoms with Crippen molar-refractivity contribution in [3.8, 4) is 0 Å². The molecule has 1 atom stereocenters. The van der Waals surface area contributed by atoms with Gasteiger partial charge in [-0.1, -0.05) is 24.6 Å². The number of hydrogen-bond donors (Lipinski definition) is 0. The van der Waals surface area contributed by atoms with Gasteiger partial charge in [0, 0.05) is 35.4 Å². The summed E-state index contributed by atoms with van der Waals surface area (Å²) >= 11 is 13.9. The van der Waals surface area contributed by atoms with E-state index in [0.29, 0.717) is 11.9 Å². The Balaban J connectivity index is 2.87. The molecule has 1 aromatic rings. The largest absolute Gasteiger partial charge is 0.371 e. The minimum absolute atomic E-state index is 0.463. The smallest absolute Gasteiger partial charge is 0.0488 e. The van der Waals surface area contributed by atoms with Gasteiger partial charge in [0.25, 0.3) is 0 Å². The van der Waals surface area contributed by atoms with E-state index in [0.717, 1.165) is 28.4 Å². The van der Waals surface area contributed by atoms with Gasteiger partial charge in [-0.25, -0.2) is 0 Å². The molecule has 0 amide bonds. The first-order valence-electron chi connectivity index (χ1n) is 5.70. The van der Waals surface area contributed by atoms with Crippen molar-refractivity contribution < 1.29 is 0 Å². The molecule has 0 aliphatic heterocycles. The second kappa shape index (κ2) is 7.40. The van der Waals surface area contributed by atoms with E-state index in [1.807, 2.05) is 23.9 Å². The number of benzene rings is 1. The van der Waals surface area contributed by atoms with E-state index in [4.69, 9.17) is 23.2 Å². The molecule has 17 heavy (non-hydrogen) atoms. The first kappa shape index (κ1) is 15.0. The average Bonchev–Trinajstić information content (AvgIpc) is 2.35. The molecule has 1 aromatic carbocycles. The molecule has 0 saturated heterocycles. The number of thioether (sulfide) groups is 1. The molecular formula is C13H19Cl2NS. The maximum atomic E-state index is 6.18. The van der Waals surface area contributed by atoms with Crippen LogP contribution in [0.3, 0.4) is 0 Å². The summed E-state index contributed by atoms with van der Waals surface area (Å²) in [6.45, 7) is 2.21. The lowest BCUT2D eigenvalue weighted by Gasteiger charge is -2.29. The molecule has 0 spiro atoms. The fourth-order valence-electron chi connectivity index (χ4n) is 1.77. The van der Waals surface area contributed by atoms with Gasteiger partial charge in [0.2, 0.25) is 0 Å². The first-order chi connectivity index (χ1) is 8.13. The standard InChI is InChI=1S/C13H19Cl2NS/c1-4-11(9-17-3)16(2)12-6-5-10(8-14)13(15)7-12/h5-7,11H,4,8-9H2,1-3H3. The summed E-state index contributed by atoms with van der Waals surface area (Å²) < 4.78 is 0. The van der Waals surface area contributed by atoms with Crippen molar-refractivity contribution in [3.63, 3.8) is 0 Å². The summed E-state index contributed by atoms with van der Waals surface area (Å²) in [5.41, 5.74) is 2.15. The molecule has 0 aliphatic carbocycles. The highest BCUT2D eigenvalue weighted by molar-refractivity contribution is 7.98. The van der Waals surface area contributed by atoms with Crippen molar-refractivity contribution >= 4 is 40.7 Å². The normalized spacial score (nSPS) is 12.5. The molecule has 4 heteroatoms. The molecule has 0 heterocycles. The molecule has 0 bridgehead atoms. The Hall–Kier alpha value is -0.0500. The predicted octanol–water partition coefficient (Wildman–Crippen LogP) is 4.66. The van der Waals surface area contributed by atoms with Crippen molar-refractivity contribution in [2.24, 2.45) is 0 Å². The predicted molar refractivity (Wildman–Crippen MR) is 81.9 cm³/mol. The van der Waals surface area contributed by atoms with Crippen molar-refractivity contribution in [3.05, 3.63) is 28.8 Å². The number of halogens is 2. The summed E-state index contributed by atoms with van der Waals surface area (Å²) in [6, 6.07) is 6.64. The maximum absolute atomic E-state index is 6.18. The highest BCUT2D eigenvalue weighted by atomic mass is 35.5. The second-order valence-corrected chi connectivity index (χ2v) is 5.62. The number of alkyl halides is 1. The Bertz CT molecular complexity index is 357. The summed E-state index contributed by atoms with van der Waals surface area (Å²) in [7, 11) is 2.12. The van der Waals surface area contributed by atoms with Gasteiger partial charge >= 0.3 is 0 Å². The highest BCUT2D eigenvalue weighted by Gasteiger charge is 2.13. The Morgan fingerprint density at radius 1 is 1.41 bits per heavy atom. The van der Waals surface area contributed by atoms with Gasteiger partial charge < -0.3 is 4.90 Å². The lowest BCUT2D eigenvalue weighted by Crippen LogP contribution is -2.33. The Kier molecular flexibility index (Phi) is 6.53. The molecule has 96 valence electrons. The van der Waals surface area contributed by atoms with Crippen LogP contribution < -0.4 is 4.90 Å². The van der Waals surface area contributed by atoms with E-state index in [1.165, 1.54) is 0 Å². The molecule has 0 fully saturated rings. The first-order valence-corrected chi connectivity index (χ1v) is 8.00. The van der Waals surface area contributed by atoms with E-state index >= 15 is 0 Å². The van der Waals surface area contributed by atoms with Crippen molar-refractivity contribution in [1.82, 2.24) is 0 Å². The summed E-state index contributed by atoms with van der Waals surface area (Å²) in [5, 5.41) is 0.753. The zero-order valence-corrected chi connectivity index (χ0v) is 12.9. The molecule has 1 unspecified atom stereocenters. The highest BCUT2D eigenvalue weighted by Crippen LogP contribution is 2.26. The summed E-state index contributed by atoms with van der Waals surface area (Å²) in [4.78, 5) is 2.29. The number of anilines is 1. The van der Waals surface area contributed by atoms with Crippen LogP contribution >= 0.6 is 35.0 Å². The third kappa shape index (κ3) is 3.97. The molecule has 0 radical (unpaired) electrons. The van der Waals surface area contributed by atoms with Crippen LogP contribution in [0.5, 0.6) is 0 Å². The van der Waals surface area contributed by atoms with E-state index in [1.54, 1.807) is 0 Å². The minimum atomic E-state index is 0.463. The van der Waals surface area contributed by atoms with Crippen LogP contribution in [0.1, 0.15) is 18.9 Å². The van der Waals surface area contributed by atoms with Crippen LogP contribution in [0, 0.1) is 0 Å². The zero-order chi connectivity index (χ0) is 12.8. The van der Waals surface area contributed by atoms with E-state index in [9.17, 15) is 0 Å². The van der Waals surface area contributed by atoms with Gasteiger partial charge in [-0.15, -0.1) is 11.6 Å². The quantitative estimate of drug-likeness (QED) is 0.702. The fourth-order valence-corrected chi connectivity index (χ4v) is 3.16. The van der Waals surface area contributed by atoms with Gasteiger partial charge in [0.15, 0.2) is 0 Å². The van der Waals surface area contributed by atoms with Crippen molar-refractivity contribution in [2.45, 2.75) is 25.3 Å². The van der Waals surface area contributed by atoms with Crippen LogP contribution in [0.2, 0.25) is 5.02 Å². The molecule has 0 saturated carbocycles. The van der Waals surface area contributed by atoms with Crippen LogP contribution in [0.4, 0.5) is 5.69 Å². The molecule has 1 nitrogen and oxygen atoms in total. The molecule has 0 aliphatic rings. The third-order valence-electron chi connectivity index (χ3n) is 2.97. The van der Waals surface area contributed by atoms with E-state index in [2.05, 4.69) is 31.2 Å². The topological polar surface area (TPSA) is 3.24 Å². The second-order valence-electron chi connectivity index (χ2n) is 4.04. The van der Waals surface area contributed by atoms with E-state index < -0.39 is 0 Å². The monoisotopic (exact) mass is 291 g/mol. The maximum Gasteiger partial charge on any atom is 0.0488 e. The van der Waals surface area contributed by atoms with Gasteiger partial charge in [-0.2, -0.15) is 11.8 Å². The lowest BCUT2D eigenvalue weighted by atomic mass is 10.1. The van der Waals surface area contributed by atoms with Crippen LogP contribution in [-0.2, 0) is 5.88 Å². The van der Waals surface area contributed by atoms with Crippen LogP contribution in [0.15, 0.2) is 18.2 Å². The lowest BCUT2D eigenvalue weighted by molar-refractivity contribution is 0.673. The van der Waals surface area contributed by atoms with Gasteiger partial charge in [-0.05, 0) is 30.4 Å². The fraction of sp³-hybridized carbons (Fsp3) is 0.538. The molecule has 1 rings (SSSR count). The average molecular weight is 292 g/mol. The molecular weight excluding hydrogens is 273 g/mol. The number of rotatable bonds is 6. The van der Waals surface area contributed by atoms with Gasteiger partial charge in [0.05, 0.1) is 0 Å². The van der Waals surface area contributed by atoms with Crippen molar-refractivity contribution in [2.75, 3.05) is 24.0 Å². The Morgan fingerprint density at radius 3 is 2.59 bits per heavy atom. The van der Waals surface area contributed by atoms with Gasteiger partial charge in [-0.3, -0.25) is 0 Å². The van der Waals surface area contributed by atoms with Crippen molar-refractivity contribution in [1.29, 1.82) is 0 Å². The Labute approximate surface area is 118 Å². The van der Waals surface area contributed by atoms with Crippen LogP contribution in [0.25, 0.3) is 0 Å². The van der Waals surface area contributed by atoms with Crippen LogP contribution in [-0.4, -0.2) is 25.1 Å². The minimum Gasteiger partial charge on any atom is -0.371 e. The number of hydrogen-bond acceptors (Lipinski definition) is 2. The Morgan fingerprint density at radius 2 is 2.12 bits per heavy atom. The number of nitrogens with zero attached hydrogens (tertiary/aromatic N) is 1. The summed E-state index contributed by atoms with van der Waals surface area (Å²) in [6.07, 6.45) is 3.27. The third-order valence-corrected chi connectivity index (χ3v) is 4.32. The molecule has 0 N–H and O–H groups in total. The SMILES string of the molecule is CCC(CSC)N(C)c1ccc(CCl)c(Cl)c1. The molecule has 0 aromatic heterocycles. The van der Waals surface area contributed by atoms with E-state index in [-0.39, 0.29) is 0 Å². The zero-order valence-electron chi connectivity index (χ0n) is 10.5.